The Balaban J connectivity index is 2.67. The number of benzene rings is 1. The summed E-state index contributed by atoms with van der Waals surface area (Å²) in [6.07, 6.45) is 5.35. The number of nitrogens with zero attached hydrogens (tertiary/aromatic N) is 1. The maximum atomic E-state index is 12.7. The average Bonchev–Trinajstić information content (AvgIpc) is 2.84. The number of amides is 2. The van der Waals surface area contributed by atoms with Gasteiger partial charge in [0, 0.05) is 13.1 Å². The molecule has 0 spiro atoms. The van der Waals surface area contributed by atoms with Gasteiger partial charge in [0.05, 0.1) is 4.90 Å². The molecule has 0 radical (unpaired) electrons. The molecule has 0 saturated carbocycles. The second-order valence-electron chi connectivity index (χ2n) is 8.02. The number of nitrogens with one attached hydrogen (secondary N) is 2. The van der Waals surface area contributed by atoms with Gasteiger partial charge in [-0.3, -0.25) is 10.0 Å². The molecule has 0 fully saturated rings. The smallest absolute Gasteiger partial charge is 0.407 e. The third-order valence-electron chi connectivity index (χ3n) is 5.32. The molecule has 0 aliphatic heterocycles. The van der Waals surface area contributed by atoms with Gasteiger partial charge in [0.15, 0.2) is 0 Å². The number of hydrogen-bond acceptors (Lipinski definition) is 6. The van der Waals surface area contributed by atoms with Crippen molar-refractivity contribution in [2.24, 2.45) is 0 Å². The van der Waals surface area contributed by atoms with Crippen molar-refractivity contribution in [2.45, 2.75) is 76.2 Å². The minimum atomic E-state index is -4.08. The van der Waals surface area contributed by atoms with Crippen LogP contribution in [0.5, 0.6) is 5.75 Å². The van der Waals surface area contributed by atoms with Crippen LogP contribution in [0.1, 0.15) is 65.2 Å². The zero-order chi connectivity index (χ0) is 26.1. The first-order chi connectivity index (χ1) is 16.7. The molecular formula is C24H37N3O7S. The Morgan fingerprint density at radius 2 is 1.69 bits per heavy atom. The molecule has 10 nitrogen and oxygen atoms in total. The summed E-state index contributed by atoms with van der Waals surface area (Å²) in [5, 5.41) is 18.5. The summed E-state index contributed by atoms with van der Waals surface area (Å²) in [6, 6.07) is 4.33. The normalized spacial score (nSPS) is 11.7. The van der Waals surface area contributed by atoms with Gasteiger partial charge in [0.1, 0.15) is 18.4 Å². The van der Waals surface area contributed by atoms with Gasteiger partial charge in [0.25, 0.3) is 5.91 Å². The third kappa shape index (κ3) is 11.9. The van der Waals surface area contributed by atoms with Crippen molar-refractivity contribution < 1.29 is 33.1 Å². The van der Waals surface area contributed by atoms with Gasteiger partial charge in [0.2, 0.25) is 10.0 Å². The fraction of sp³-hybridized carbons (Fsp3) is 0.583. The van der Waals surface area contributed by atoms with Crippen molar-refractivity contribution >= 4 is 22.0 Å². The maximum Gasteiger partial charge on any atom is 0.407 e. The highest BCUT2D eigenvalue weighted by Gasteiger charge is 2.26. The van der Waals surface area contributed by atoms with Gasteiger partial charge in [-0.15, -0.1) is 5.92 Å². The monoisotopic (exact) mass is 511 g/mol. The molecule has 1 aromatic carbocycles. The van der Waals surface area contributed by atoms with Crippen molar-refractivity contribution in [3.8, 4) is 17.6 Å². The van der Waals surface area contributed by atoms with Crippen LogP contribution in [0.25, 0.3) is 0 Å². The molecule has 35 heavy (non-hydrogen) atoms. The SMILES string of the molecule is CC#CCOc1ccc(S(=O)(=O)N[C@H](CCCN(CCCCCCCC)C(=O)O)C(=O)NO)cc1. The van der Waals surface area contributed by atoms with Crippen LogP contribution in [0, 0.1) is 11.8 Å². The minimum absolute atomic E-state index is 0.00276. The van der Waals surface area contributed by atoms with E-state index in [1.165, 1.54) is 41.1 Å². The summed E-state index contributed by atoms with van der Waals surface area (Å²) < 4.78 is 33.1. The lowest BCUT2D eigenvalue weighted by Crippen LogP contribution is -2.46. The van der Waals surface area contributed by atoms with E-state index in [4.69, 9.17) is 9.94 Å². The molecule has 0 heterocycles. The number of rotatable bonds is 17. The summed E-state index contributed by atoms with van der Waals surface area (Å²) in [7, 11) is -4.08. The molecule has 11 heteroatoms. The van der Waals surface area contributed by atoms with Gasteiger partial charge in [-0.1, -0.05) is 44.9 Å². The molecule has 0 unspecified atom stereocenters. The second kappa shape index (κ2) is 16.8. The lowest BCUT2D eigenvalue weighted by molar-refractivity contribution is -0.131. The van der Waals surface area contributed by atoms with Crippen LogP contribution in [-0.2, 0) is 14.8 Å². The quantitative estimate of drug-likeness (QED) is 0.109. The first-order valence-corrected chi connectivity index (χ1v) is 13.3. The van der Waals surface area contributed by atoms with E-state index in [2.05, 4.69) is 23.5 Å². The Morgan fingerprint density at radius 3 is 2.29 bits per heavy atom. The van der Waals surface area contributed by atoms with E-state index in [1.807, 2.05) is 0 Å². The Labute approximate surface area is 208 Å². The molecule has 2 amide bonds. The molecule has 0 aliphatic carbocycles. The van der Waals surface area contributed by atoms with Crippen molar-refractivity contribution in [2.75, 3.05) is 19.7 Å². The van der Waals surface area contributed by atoms with Crippen LogP contribution >= 0.6 is 0 Å². The number of unbranched alkanes of at least 4 members (excludes halogenated alkanes) is 5. The molecule has 0 aliphatic rings. The van der Waals surface area contributed by atoms with E-state index in [1.54, 1.807) is 6.92 Å². The molecule has 4 N–H and O–H groups in total. The van der Waals surface area contributed by atoms with Crippen molar-refractivity contribution in [1.29, 1.82) is 0 Å². The predicted octanol–water partition coefficient (Wildman–Crippen LogP) is 3.36. The zero-order valence-electron chi connectivity index (χ0n) is 20.5. The number of hydroxylamine groups is 1. The maximum absolute atomic E-state index is 12.7. The largest absolute Gasteiger partial charge is 0.481 e. The Morgan fingerprint density at radius 1 is 1.06 bits per heavy atom. The van der Waals surface area contributed by atoms with E-state index >= 15 is 0 Å². The highest BCUT2D eigenvalue weighted by Crippen LogP contribution is 2.17. The summed E-state index contributed by atoms with van der Waals surface area (Å²) >= 11 is 0. The first kappa shape index (κ1) is 30.2. The zero-order valence-corrected chi connectivity index (χ0v) is 21.3. The highest BCUT2D eigenvalue weighted by molar-refractivity contribution is 7.89. The molecule has 0 aromatic heterocycles. The van der Waals surface area contributed by atoms with Gasteiger partial charge < -0.3 is 14.7 Å². The van der Waals surface area contributed by atoms with E-state index in [9.17, 15) is 23.1 Å². The number of carbonyl (C=O) groups is 2. The van der Waals surface area contributed by atoms with E-state index in [0.29, 0.717) is 12.3 Å². The summed E-state index contributed by atoms with van der Waals surface area (Å²) in [4.78, 5) is 24.8. The van der Waals surface area contributed by atoms with Gasteiger partial charge >= 0.3 is 6.09 Å². The van der Waals surface area contributed by atoms with Crippen molar-refractivity contribution in [1.82, 2.24) is 15.1 Å². The Kier molecular flexibility index (Phi) is 14.5. The lowest BCUT2D eigenvalue weighted by atomic mass is 10.1. The van der Waals surface area contributed by atoms with Gasteiger partial charge in [-0.25, -0.2) is 18.7 Å². The van der Waals surface area contributed by atoms with Crippen molar-refractivity contribution in [3.05, 3.63) is 24.3 Å². The van der Waals surface area contributed by atoms with E-state index in [-0.39, 0.29) is 30.9 Å². The Hall–Kier alpha value is -2.81. The summed E-state index contributed by atoms with van der Waals surface area (Å²) in [5.41, 5.74) is 1.47. The Bertz CT molecular complexity index is 940. The minimum Gasteiger partial charge on any atom is -0.481 e. The molecule has 196 valence electrons. The van der Waals surface area contributed by atoms with Crippen LogP contribution < -0.4 is 14.9 Å². The summed E-state index contributed by atoms with van der Waals surface area (Å²) in [5.74, 6) is 4.93. The van der Waals surface area contributed by atoms with E-state index in [0.717, 1.165) is 32.1 Å². The molecule has 0 bridgehead atoms. The lowest BCUT2D eigenvalue weighted by Gasteiger charge is -2.21. The van der Waals surface area contributed by atoms with Gasteiger partial charge in [-0.2, -0.15) is 4.72 Å². The van der Waals surface area contributed by atoms with Gasteiger partial charge in [-0.05, 0) is 50.5 Å². The van der Waals surface area contributed by atoms with Crippen molar-refractivity contribution in [3.63, 3.8) is 0 Å². The molecule has 1 aromatic rings. The van der Waals surface area contributed by atoms with E-state index < -0.39 is 28.1 Å². The number of ether oxygens (including phenoxy) is 1. The van der Waals surface area contributed by atoms with Crippen LogP contribution in [0.4, 0.5) is 4.79 Å². The van der Waals surface area contributed by atoms with Crippen LogP contribution in [0.15, 0.2) is 29.2 Å². The third-order valence-corrected chi connectivity index (χ3v) is 6.81. The van der Waals surface area contributed by atoms with Crippen LogP contribution in [0.3, 0.4) is 0 Å². The summed E-state index contributed by atoms with van der Waals surface area (Å²) in [6.45, 7) is 4.51. The number of sulfonamides is 1. The number of hydrogen-bond donors (Lipinski definition) is 4. The average molecular weight is 512 g/mol. The highest BCUT2D eigenvalue weighted by atomic mass is 32.2. The molecule has 1 atom stereocenters. The fourth-order valence-electron chi connectivity index (χ4n) is 3.36. The molecular weight excluding hydrogens is 474 g/mol. The predicted molar refractivity (Wildman–Crippen MR) is 132 cm³/mol. The molecule has 1 rings (SSSR count). The molecule has 0 saturated heterocycles. The topological polar surface area (TPSA) is 145 Å². The first-order valence-electron chi connectivity index (χ1n) is 11.8. The number of carboxylic acid groups (broad SMARTS) is 1. The standard InChI is InChI=1S/C24H37N3O7S/c1-3-5-7-8-9-10-17-27(24(29)30)18-11-12-22(23(28)25-31)26-35(32,33)21-15-13-20(14-16-21)34-19-6-4-2/h13-16,22,26,31H,3,5,7-12,17-19H2,1-2H3,(H,25,28)(H,29,30)/t22-/m1/s1. The fourth-order valence-corrected chi connectivity index (χ4v) is 4.59. The number of carbonyl (C=O) groups excluding carboxylic acids is 1. The second-order valence-corrected chi connectivity index (χ2v) is 9.73. The van der Waals surface area contributed by atoms with Crippen LogP contribution in [0.2, 0.25) is 0 Å². The van der Waals surface area contributed by atoms with Crippen LogP contribution in [-0.4, -0.2) is 61.4 Å².